The van der Waals surface area contributed by atoms with Crippen LogP contribution in [0.25, 0.3) is 0 Å². The lowest BCUT2D eigenvalue weighted by Crippen LogP contribution is -2.62. The molecule has 1 heterocycles. The Bertz CT molecular complexity index is 1300. The van der Waals surface area contributed by atoms with Crippen molar-refractivity contribution in [1.29, 1.82) is 0 Å². The Hall–Kier alpha value is -3.27. The Morgan fingerprint density at radius 2 is 1.85 bits per heavy atom. The van der Waals surface area contributed by atoms with Crippen LogP contribution in [0.2, 0.25) is 5.02 Å². The second-order valence-electron chi connectivity index (χ2n) is 10.5. The number of halogens is 4. The third kappa shape index (κ3) is 5.44. The van der Waals surface area contributed by atoms with Crippen LogP contribution in [0.1, 0.15) is 73.2 Å². The first-order valence-electron chi connectivity index (χ1n) is 13.0. The summed E-state index contributed by atoms with van der Waals surface area (Å²) < 4.78 is 42.5. The maximum atomic E-state index is 13.9. The van der Waals surface area contributed by atoms with E-state index in [0.29, 0.717) is 17.1 Å². The zero-order valence-electron chi connectivity index (χ0n) is 21.0. The molecule has 0 bridgehead atoms. The van der Waals surface area contributed by atoms with Crippen LogP contribution >= 0.6 is 11.6 Å². The number of alkyl halides is 3. The highest BCUT2D eigenvalue weighted by molar-refractivity contribution is 6.31. The number of nitrogens with zero attached hydrogens (tertiary/aromatic N) is 1. The Labute approximate surface area is 228 Å². The molecule has 3 atom stereocenters. The van der Waals surface area contributed by atoms with E-state index in [-0.39, 0.29) is 42.2 Å². The predicted octanol–water partition coefficient (Wildman–Crippen LogP) is 6.06. The Kier molecular flexibility index (Phi) is 7.26. The first-order valence-corrected chi connectivity index (χ1v) is 13.4. The van der Waals surface area contributed by atoms with Crippen LogP contribution in [-0.2, 0) is 9.59 Å². The van der Waals surface area contributed by atoms with Gasteiger partial charge in [-0.25, -0.2) is 0 Å². The maximum Gasteiger partial charge on any atom is 0.573 e. The molecule has 0 saturated heterocycles. The van der Waals surface area contributed by atoms with Gasteiger partial charge in [0.05, 0.1) is 6.42 Å². The van der Waals surface area contributed by atoms with Gasteiger partial charge in [0.1, 0.15) is 5.75 Å². The lowest BCUT2D eigenvalue weighted by molar-refractivity contribution is -0.274. The van der Waals surface area contributed by atoms with Gasteiger partial charge in [0.2, 0.25) is 5.91 Å². The molecule has 3 aliphatic rings. The van der Waals surface area contributed by atoms with Crippen molar-refractivity contribution in [3.05, 3.63) is 58.6 Å². The molecule has 39 heavy (non-hydrogen) atoms. The van der Waals surface area contributed by atoms with Crippen molar-refractivity contribution in [2.75, 3.05) is 4.90 Å². The van der Waals surface area contributed by atoms with Crippen molar-refractivity contribution < 1.29 is 37.4 Å². The zero-order valence-corrected chi connectivity index (χ0v) is 21.7. The lowest BCUT2D eigenvalue weighted by Gasteiger charge is -2.55. The molecule has 2 fully saturated rings. The minimum Gasteiger partial charge on any atom is -0.481 e. The molecule has 2 amide bonds. The fourth-order valence-electron chi connectivity index (χ4n) is 6.64. The number of amides is 2. The predicted molar refractivity (Wildman–Crippen MR) is 137 cm³/mol. The zero-order chi connectivity index (χ0) is 27.9. The number of anilines is 1. The van der Waals surface area contributed by atoms with Crippen molar-refractivity contribution in [3.8, 4) is 5.75 Å². The summed E-state index contributed by atoms with van der Waals surface area (Å²) in [4.78, 5) is 39.4. The van der Waals surface area contributed by atoms with Gasteiger partial charge in [0.25, 0.3) is 5.91 Å². The van der Waals surface area contributed by atoms with Gasteiger partial charge in [-0.3, -0.25) is 14.4 Å². The number of carboxylic acids is 1. The van der Waals surface area contributed by atoms with Gasteiger partial charge in [-0.1, -0.05) is 30.2 Å². The number of hydrogen-bond acceptors (Lipinski definition) is 4. The van der Waals surface area contributed by atoms with Gasteiger partial charge in [-0.2, -0.15) is 0 Å². The highest BCUT2D eigenvalue weighted by Crippen LogP contribution is 2.58. The molecule has 3 unspecified atom stereocenters. The molecule has 208 valence electrons. The van der Waals surface area contributed by atoms with Gasteiger partial charge in [0.15, 0.2) is 0 Å². The maximum absolute atomic E-state index is 13.9. The quantitative estimate of drug-likeness (QED) is 0.426. The molecule has 0 radical (unpaired) electrons. The summed E-state index contributed by atoms with van der Waals surface area (Å²) in [5, 5.41) is 12.6. The topological polar surface area (TPSA) is 95.9 Å². The lowest BCUT2D eigenvalue weighted by atomic mass is 9.59. The number of fused-ring (bicyclic) bond motifs is 2. The van der Waals surface area contributed by atoms with Crippen LogP contribution in [0.4, 0.5) is 18.9 Å². The van der Waals surface area contributed by atoms with Crippen LogP contribution in [0.5, 0.6) is 5.75 Å². The number of carboxylic acid groups (broad SMARTS) is 1. The van der Waals surface area contributed by atoms with Crippen LogP contribution < -0.4 is 15.0 Å². The van der Waals surface area contributed by atoms with E-state index in [0.717, 1.165) is 49.8 Å². The average molecular weight is 565 g/mol. The van der Waals surface area contributed by atoms with E-state index in [4.69, 9.17) is 16.7 Å². The SMILES string of the molecule is O=C(O)CCC(=O)NC1(C2c3ccc(Cl)cc3N(C(=O)c3cccc(OC(F)(F)F)c3)C3CCCC32)CCC1. The van der Waals surface area contributed by atoms with Crippen molar-refractivity contribution in [3.63, 3.8) is 0 Å². The molecule has 2 aliphatic carbocycles. The van der Waals surface area contributed by atoms with Crippen LogP contribution in [0.15, 0.2) is 42.5 Å². The summed E-state index contributed by atoms with van der Waals surface area (Å²) in [7, 11) is 0. The summed E-state index contributed by atoms with van der Waals surface area (Å²) in [5.41, 5.74) is 0.916. The summed E-state index contributed by atoms with van der Waals surface area (Å²) in [6.07, 6.45) is -0.549. The molecule has 0 aromatic heterocycles. The highest BCUT2D eigenvalue weighted by atomic mass is 35.5. The number of ether oxygens (including phenoxy) is 1. The highest BCUT2D eigenvalue weighted by Gasteiger charge is 2.56. The standard InChI is InChI=1S/C28H28ClF3N2O5/c29-17-8-9-20-22(15-17)34(26(38)16-4-1-5-18(14-16)39-28(30,31)32)21-7-2-6-19(21)25(20)27(12-3-13-27)33-23(35)10-11-24(36)37/h1,4-5,8-9,14-15,19,21,25H,2-3,6-7,10-13H2,(H,33,35)(H,36,37). The second-order valence-corrected chi connectivity index (χ2v) is 11.0. The van der Waals surface area contributed by atoms with E-state index in [9.17, 15) is 27.6 Å². The van der Waals surface area contributed by atoms with E-state index in [1.165, 1.54) is 12.1 Å². The third-order valence-corrected chi connectivity index (χ3v) is 8.44. The molecular formula is C28H28ClF3N2O5. The number of nitrogens with one attached hydrogen (secondary N) is 1. The molecule has 2 aromatic rings. The van der Waals surface area contributed by atoms with Crippen LogP contribution in [0.3, 0.4) is 0 Å². The molecule has 2 saturated carbocycles. The molecule has 7 nitrogen and oxygen atoms in total. The molecule has 0 spiro atoms. The summed E-state index contributed by atoms with van der Waals surface area (Å²) in [6, 6.07) is 10.1. The molecule has 11 heteroatoms. The van der Waals surface area contributed by atoms with Gasteiger partial charge in [-0.05, 0) is 73.9 Å². The van der Waals surface area contributed by atoms with Gasteiger partial charge >= 0.3 is 12.3 Å². The third-order valence-electron chi connectivity index (χ3n) is 8.21. The Morgan fingerprint density at radius 1 is 1.08 bits per heavy atom. The number of benzene rings is 2. The number of carbonyl (C=O) groups excluding carboxylic acids is 2. The number of hydrogen-bond donors (Lipinski definition) is 2. The monoisotopic (exact) mass is 564 g/mol. The van der Waals surface area contributed by atoms with Crippen molar-refractivity contribution in [2.24, 2.45) is 5.92 Å². The molecular weight excluding hydrogens is 537 g/mol. The fourth-order valence-corrected chi connectivity index (χ4v) is 6.81. The first kappa shape index (κ1) is 27.3. The first-order chi connectivity index (χ1) is 18.5. The number of aliphatic carboxylic acids is 1. The van der Waals surface area contributed by atoms with Crippen molar-refractivity contribution >= 4 is 35.1 Å². The Balaban J connectivity index is 1.53. The fraction of sp³-hybridized carbons (Fsp3) is 0.464. The minimum absolute atomic E-state index is 0.00249. The van der Waals surface area contributed by atoms with E-state index >= 15 is 0 Å². The van der Waals surface area contributed by atoms with Crippen LogP contribution in [0, 0.1) is 5.92 Å². The van der Waals surface area contributed by atoms with Gasteiger partial charge < -0.3 is 20.1 Å². The Morgan fingerprint density at radius 3 is 2.51 bits per heavy atom. The molecule has 1 aliphatic heterocycles. The van der Waals surface area contributed by atoms with E-state index in [1.54, 1.807) is 17.0 Å². The molecule has 2 N–H and O–H groups in total. The van der Waals surface area contributed by atoms with E-state index in [1.807, 2.05) is 6.07 Å². The smallest absolute Gasteiger partial charge is 0.481 e. The van der Waals surface area contributed by atoms with E-state index in [2.05, 4.69) is 10.1 Å². The molecule has 5 rings (SSSR count). The van der Waals surface area contributed by atoms with Crippen molar-refractivity contribution in [1.82, 2.24) is 5.32 Å². The minimum atomic E-state index is -4.89. The summed E-state index contributed by atoms with van der Waals surface area (Å²) >= 11 is 6.39. The van der Waals surface area contributed by atoms with E-state index < -0.39 is 29.5 Å². The molecule has 2 aromatic carbocycles. The second kappa shape index (κ2) is 10.4. The van der Waals surface area contributed by atoms with Gasteiger partial charge in [0, 0.05) is 40.2 Å². The largest absolute Gasteiger partial charge is 0.573 e. The van der Waals surface area contributed by atoms with Crippen molar-refractivity contribution in [2.45, 2.75) is 75.2 Å². The average Bonchev–Trinajstić information content (AvgIpc) is 3.31. The number of carbonyl (C=O) groups is 3. The summed E-state index contributed by atoms with van der Waals surface area (Å²) in [5.74, 6) is -2.41. The van der Waals surface area contributed by atoms with Gasteiger partial charge in [-0.15, -0.1) is 13.2 Å². The summed E-state index contributed by atoms with van der Waals surface area (Å²) in [6.45, 7) is 0. The van der Waals surface area contributed by atoms with Crippen LogP contribution in [-0.4, -0.2) is 40.8 Å². The normalized spacial score (nSPS) is 23.3. The number of rotatable bonds is 7.